The molecule has 0 radical (unpaired) electrons. The third-order valence-corrected chi connectivity index (χ3v) is 6.55. The van der Waals surface area contributed by atoms with Crippen molar-refractivity contribution < 1.29 is 9.53 Å². The molecule has 0 saturated carbocycles. The standard InChI is InChI=1S/C25H21Cl2N3O2/c1-32-20-12-4-15-5-13-21-23(22(15)14-20)29-30(24(21)16-2-6-17(26)7-3-16)25(31)28-19-10-8-18(27)9-11-19/h2-4,6-12,14,21,24H,5,13H2,1H3,(H,28,31). The molecule has 2 unspecified atom stereocenters. The zero-order chi connectivity index (χ0) is 22.2. The summed E-state index contributed by atoms with van der Waals surface area (Å²) < 4.78 is 5.44. The summed E-state index contributed by atoms with van der Waals surface area (Å²) >= 11 is 12.1. The molecule has 5 rings (SSSR count). The predicted octanol–water partition coefficient (Wildman–Crippen LogP) is 6.56. The lowest BCUT2D eigenvalue weighted by Crippen LogP contribution is -2.34. The first-order chi connectivity index (χ1) is 15.5. The highest BCUT2D eigenvalue weighted by atomic mass is 35.5. The fraction of sp³-hybridized carbons (Fsp3) is 0.200. The van der Waals surface area contributed by atoms with E-state index in [1.165, 1.54) is 5.56 Å². The van der Waals surface area contributed by atoms with Crippen LogP contribution in [0.25, 0.3) is 0 Å². The lowest BCUT2D eigenvalue weighted by molar-refractivity contribution is 0.188. The molecule has 1 aliphatic carbocycles. The van der Waals surface area contributed by atoms with E-state index in [0.717, 1.165) is 35.4 Å². The number of hydrogen-bond acceptors (Lipinski definition) is 3. The average molecular weight is 466 g/mol. The van der Waals surface area contributed by atoms with E-state index in [1.54, 1.807) is 36.4 Å². The minimum atomic E-state index is -0.293. The highest BCUT2D eigenvalue weighted by Crippen LogP contribution is 2.44. The van der Waals surface area contributed by atoms with Crippen molar-refractivity contribution in [3.63, 3.8) is 0 Å². The minimum Gasteiger partial charge on any atom is -0.497 e. The van der Waals surface area contributed by atoms with Crippen molar-refractivity contribution in [1.29, 1.82) is 0 Å². The maximum atomic E-state index is 13.4. The Morgan fingerprint density at radius 1 is 1.03 bits per heavy atom. The summed E-state index contributed by atoms with van der Waals surface area (Å²) in [5.41, 5.74) is 4.83. The van der Waals surface area contributed by atoms with Crippen LogP contribution in [0.2, 0.25) is 10.0 Å². The molecule has 162 valence electrons. The molecule has 0 aromatic heterocycles. The Hall–Kier alpha value is -3.02. The predicted molar refractivity (Wildman–Crippen MR) is 128 cm³/mol. The van der Waals surface area contributed by atoms with Gasteiger partial charge < -0.3 is 10.1 Å². The molecular formula is C25H21Cl2N3O2. The van der Waals surface area contributed by atoms with E-state index in [-0.39, 0.29) is 18.0 Å². The lowest BCUT2D eigenvalue weighted by atomic mass is 9.77. The molecule has 0 fully saturated rings. The van der Waals surface area contributed by atoms with Crippen LogP contribution in [0, 0.1) is 5.92 Å². The third kappa shape index (κ3) is 3.83. The Bertz CT molecular complexity index is 1190. The van der Waals surface area contributed by atoms with E-state index in [0.29, 0.717) is 15.7 Å². The Morgan fingerprint density at radius 3 is 2.41 bits per heavy atom. The number of carbonyl (C=O) groups is 1. The Kier molecular flexibility index (Phi) is 5.53. The number of urea groups is 1. The monoisotopic (exact) mass is 465 g/mol. The van der Waals surface area contributed by atoms with Gasteiger partial charge in [0.2, 0.25) is 0 Å². The first kappa shape index (κ1) is 20.9. The molecule has 2 atom stereocenters. The molecule has 1 heterocycles. The van der Waals surface area contributed by atoms with Crippen LogP contribution in [0.4, 0.5) is 10.5 Å². The molecule has 2 aliphatic rings. The molecule has 1 aliphatic heterocycles. The van der Waals surface area contributed by atoms with Gasteiger partial charge in [0.15, 0.2) is 0 Å². The molecule has 7 heteroatoms. The normalized spacial score (nSPS) is 19.1. The number of aryl methyl sites for hydroxylation is 1. The van der Waals surface area contributed by atoms with Gasteiger partial charge in [-0.15, -0.1) is 0 Å². The van der Waals surface area contributed by atoms with Gasteiger partial charge in [0.05, 0.1) is 18.9 Å². The Balaban J connectivity index is 1.55. The topological polar surface area (TPSA) is 53.9 Å². The second-order valence-electron chi connectivity index (χ2n) is 7.93. The second kappa shape index (κ2) is 8.49. The van der Waals surface area contributed by atoms with E-state index in [4.69, 9.17) is 33.0 Å². The van der Waals surface area contributed by atoms with Crippen molar-refractivity contribution in [2.45, 2.75) is 18.9 Å². The van der Waals surface area contributed by atoms with Gasteiger partial charge in [-0.3, -0.25) is 0 Å². The van der Waals surface area contributed by atoms with Crippen molar-refractivity contribution in [2.75, 3.05) is 12.4 Å². The highest BCUT2D eigenvalue weighted by molar-refractivity contribution is 6.30. The minimum absolute atomic E-state index is 0.0757. The second-order valence-corrected chi connectivity index (χ2v) is 8.80. The number of nitrogens with zero attached hydrogens (tertiary/aromatic N) is 2. The fourth-order valence-electron chi connectivity index (χ4n) is 4.49. The first-order valence-electron chi connectivity index (χ1n) is 10.4. The SMILES string of the molecule is COc1ccc2c(c1)C1=NN(C(=O)Nc3ccc(Cl)cc3)C(c3ccc(Cl)cc3)C1CC2. The number of fused-ring (bicyclic) bond motifs is 3. The van der Waals surface area contributed by atoms with Crippen molar-refractivity contribution in [3.8, 4) is 5.75 Å². The number of rotatable bonds is 3. The smallest absolute Gasteiger partial charge is 0.342 e. The van der Waals surface area contributed by atoms with Gasteiger partial charge in [0.1, 0.15) is 5.75 Å². The van der Waals surface area contributed by atoms with Crippen molar-refractivity contribution in [2.24, 2.45) is 11.0 Å². The molecule has 2 amide bonds. The van der Waals surface area contributed by atoms with Gasteiger partial charge >= 0.3 is 6.03 Å². The summed E-state index contributed by atoms with van der Waals surface area (Å²) in [7, 11) is 1.65. The fourth-order valence-corrected chi connectivity index (χ4v) is 4.74. The number of carbonyl (C=O) groups excluding carboxylic acids is 1. The van der Waals surface area contributed by atoms with Crippen LogP contribution >= 0.6 is 23.2 Å². The van der Waals surface area contributed by atoms with E-state index >= 15 is 0 Å². The maximum Gasteiger partial charge on any atom is 0.342 e. The molecule has 1 N–H and O–H groups in total. The molecule has 32 heavy (non-hydrogen) atoms. The van der Waals surface area contributed by atoms with Crippen molar-refractivity contribution >= 4 is 40.6 Å². The molecule has 3 aromatic carbocycles. The number of nitrogens with one attached hydrogen (secondary N) is 1. The zero-order valence-corrected chi connectivity index (χ0v) is 18.9. The summed E-state index contributed by atoms with van der Waals surface area (Å²) in [5, 5.41) is 10.6. The summed E-state index contributed by atoms with van der Waals surface area (Å²) in [6, 6.07) is 20.2. The molecule has 5 nitrogen and oxygen atoms in total. The first-order valence-corrected chi connectivity index (χ1v) is 11.2. The number of amides is 2. The maximum absolute atomic E-state index is 13.4. The average Bonchev–Trinajstić information content (AvgIpc) is 3.21. The zero-order valence-electron chi connectivity index (χ0n) is 17.4. The van der Waals surface area contributed by atoms with Crippen LogP contribution in [0.3, 0.4) is 0 Å². The third-order valence-electron chi connectivity index (χ3n) is 6.04. The van der Waals surface area contributed by atoms with Crippen LogP contribution in [0.15, 0.2) is 71.8 Å². The molecule has 0 spiro atoms. The summed E-state index contributed by atoms with van der Waals surface area (Å²) in [4.78, 5) is 13.4. The van der Waals surface area contributed by atoms with Gasteiger partial charge in [-0.05, 0) is 72.5 Å². The number of ether oxygens (including phenoxy) is 1. The van der Waals surface area contributed by atoms with Gasteiger partial charge in [-0.1, -0.05) is 41.4 Å². The molecule has 0 bridgehead atoms. The van der Waals surface area contributed by atoms with Gasteiger partial charge in [-0.25, -0.2) is 9.80 Å². The molecule has 0 saturated heterocycles. The summed E-state index contributed by atoms with van der Waals surface area (Å²) in [6.45, 7) is 0. The van der Waals surface area contributed by atoms with E-state index in [1.807, 2.05) is 36.4 Å². The van der Waals surface area contributed by atoms with E-state index in [9.17, 15) is 4.79 Å². The van der Waals surface area contributed by atoms with E-state index in [2.05, 4.69) is 11.4 Å². The van der Waals surface area contributed by atoms with Gasteiger partial charge in [0.25, 0.3) is 0 Å². The molecular weight excluding hydrogens is 445 g/mol. The highest BCUT2D eigenvalue weighted by Gasteiger charge is 2.44. The van der Waals surface area contributed by atoms with Crippen molar-refractivity contribution in [3.05, 3.63) is 93.5 Å². The number of anilines is 1. The summed E-state index contributed by atoms with van der Waals surface area (Å²) in [5.74, 6) is 0.853. The number of hydrogen-bond donors (Lipinski definition) is 1. The Morgan fingerprint density at radius 2 is 1.72 bits per heavy atom. The van der Waals surface area contributed by atoms with Crippen LogP contribution in [-0.4, -0.2) is 23.9 Å². The number of hydrazone groups is 1. The van der Waals surface area contributed by atoms with Crippen LogP contribution in [-0.2, 0) is 6.42 Å². The molecule has 3 aromatic rings. The van der Waals surface area contributed by atoms with E-state index < -0.39 is 0 Å². The number of benzene rings is 3. The quantitative estimate of drug-likeness (QED) is 0.476. The summed E-state index contributed by atoms with van der Waals surface area (Å²) in [6.07, 6.45) is 1.82. The largest absolute Gasteiger partial charge is 0.497 e. The van der Waals surface area contributed by atoms with Crippen LogP contribution in [0.1, 0.15) is 29.2 Å². The lowest BCUT2D eigenvalue weighted by Gasteiger charge is -2.29. The van der Waals surface area contributed by atoms with Gasteiger partial charge in [0, 0.05) is 27.2 Å². The Labute approximate surface area is 196 Å². The number of methoxy groups -OCH3 is 1. The number of halogens is 2. The van der Waals surface area contributed by atoms with Crippen molar-refractivity contribution in [1.82, 2.24) is 5.01 Å². The van der Waals surface area contributed by atoms with Crippen LogP contribution < -0.4 is 10.1 Å². The van der Waals surface area contributed by atoms with Crippen LogP contribution in [0.5, 0.6) is 5.75 Å². The van der Waals surface area contributed by atoms with Gasteiger partial charge in [-0.2, -0.15) is 5.10 Å².